The Labute approximate surface area is 200 Å². The van der Waals surface area contributed by atoms with E-state index >= 15 is 0 Å². The summed E-state index contributed by atoms with van der Waals surface area (Å²) in [4.78, 5) is 0. The molecule has 0 aliphatic heterocycles. The van der Waals surface area contributed by atoms with E-state index in [1.54, 1.807) is 0 Å². The van der Waals surface area contributed by atoms with Crippen molar-refractivity contribution in [3.8, 4) is 0 Å². The van der Waals surface area contributed by atoms with Gasteiger partial charge in [-0.1, -0.05) is 90.9 Å². The van der Waals surface area contributed by atoms with Crippen LogP contribution in [0.5, 0.6) is 0 Å². The van der Waals surface area contributed by atoms with Crippen LogP contribution in [0.3, 0.4) is 0 Å². The van der Waals surface area contributed by atoms with Crippen molar-refractivity contribution in [3.63, 3.8) is 0 Å². The highest BCUT2D eigenvalue weighted by Gasteiger charge is 2.59. The molecule has 0 saturated heterocycles. The molecule has 4 aliphatic carbocycles. The standard InChI is InChI=1S/C30H55N2/c1-23(2)28(29(31,24-15-7-3-8-16-24)25-17-9-4-10-18-25)30(32,26-19-11-5-12-20-26)27-21-13-6-14-22-27/h23-28H,1,3-22,31-32H2,2H3. The monoisotopic (exact) mass is 443 g/mol. The van der Waals surface area contributed by atoms with Crippen molar-refractivity contribution >= 4 is 0 Å². The smallest absolute Gasteiger partial charge is 0.0260 e. The van der Waals surface area contributed by atoms with E-state index in [9.17, 15) is 0 Å². The SMILES string of the molecule is [CH2]C(C)C(C(N)(C1CCCCC1)C1CCCCC1)C(N)(C1CCCCC1)C1CCCCC1. The fourth-order valence-corrected chi connectivity index (χ4v) is 9.51. The highest BCUT2D eigenvalue weighted by Crippen LogP contribution is 2.56. The van der Waals surface area contributed by atoms with E-state index in [2.05, 4.69) is 6.92 Å². The molecule has 1 atom stereocenters. The zero-order valence-electron chi connectivity index (χ0n) is 21.5. The second kappa shape index (κ2) is 11.1. The Morgan fingerprint density at radius 2 is 0.719 bits per heavy atom. The minimum Gasteiger partial charge on any atom is -0.324 e. The van der Waals surface area contributed by atoms with E-state index in [0.29, 0.717) is 35.5 Å². The first-order chi connectivity index (χ1) is 15.5. The van der Waals surface area contributed by atoms with Gasteiger partial charge >= 0.3 is 0 Å². The largest absolute Gasteiger partial charge is 0.324 e. The Hall–Kier alpha value is -0.0800. The second-order valence-electron chi connectivity index (χ2n) is 12.8. The van der Waals surface area contributed by atoms with Crippen molar-refractivity contribution in [3.05, 3.63) is 6.92 Å². The summed E-state index contributed by atoms with van der Waals surface area (Å²) >= 11 is 0. The average Bonchev–Trinajstić information content (AvgIpc) is 2.86. The van der Waals surface area contributed by atoms with E-state index in [1.165, 1.54) is 128 Å². The van der Waals surface area contributed by atoms with Crippen LogP contribution in [0.2, 0.25) is 0 Å². The molecule has 2 nitrogen and oxygen atoms in total. The molecule has 0 aromatic rings. The molecule has 0 aromatic carbocycles. The van der Waals surface area contributed by atoms with Gasteiger partial charge in [-0.05, 0) is 86.9 Å². The molecule has 4 aliphatic rings. The molecule has 32 heavy (non-hydrogen) atoms. The van der Waals surface area contributed by atoms with Gasteiger partial charge in [0.05, 0.1) is 0 Å². The molecule has 0 heterocycles. The molecule has 4 fully saturated rings. The minimum atomic E-state index is -0.119. The molecule has 4 saturated carbocycles. The van der Waals surface area contributed by atoms with E-state index in [4.69, 9.17) is 18.4 Å². The quantitative estimate of drug-likeness (QED) is 0.422. The van der Waals surface area contributed by atoms with Gasteiger partial charge in [-0.3, -0.25) is 0 Å². The van der Waals surface area contributed by atoms with Crippen LogP contribution in [0, 0.1) is 42.4 Å². The molecule has 4 N–H and O–H groups in total. The zero-order valence-corrected chi connectivity index (χ0v) is 21.5. The van der Waals surface area contributed by atoms with Crippen LogP contribution in [0.4, 0.5) is 0 Å². The predicted molar refractivity (Wildman–Crippen MR) is 138 cm³/mol. The van der Waals surface area contributed by atoms with E-state index < -0.39 is 0 Å². The lowest BCUT2D eigenvalue weighted by molar-refractivity contribution is -0.0614. The number of nitrogens with two attached hydrogens (primary N) is 2. The number of rotatable bonds is 7. The maximum Gasteiger partial charge on any atom is 0.0260 e. The first-order valence-electron chi connectivity index (χ1n) is 14.9. The van der Waals surface area contributed by atoms with Gasteiger partial charge in [-0.25, -0.2) is 0 Å². The lowest BCUT2D eigenvalue weighted by atomic mass is 9.47. The normalized spacial score (nSPS) is 26.8. The van der Waals surface area contributed by atoms with Crippen LogP contribution in [-0.2, 0) is 0 Å². The van der Waals surface area contributed by atoms with E-state index in [1.807, 2.05) is 0 Å². The molecular weight excluding hydrogens is 388 g/mol. The Balaban J connectivity index is 1.78. The summed E-state index contributed by atoms with van der Waals surface area (Å²) in [5.74, 6) is 3.32. The molecule has 185 valence electrons. The third kappa shape index (κ3) is 4.84. The molecule has 1 unspecified atom stereocenters. The topological polar surface area (TPSA) is 52.0 Å². The molecule has 0 spiro atoms. The minimum absolute atomic E-state index is 0.119. The zero-order chi connectivity index (χ0) is 22.6. The van der Waals surface area contributed by atoms with Gasteiger partial charge in [-0.2, -0.15) is 0 Å². The molecule has 0 amide bonds. The van der Waals surface area contributed by atoms with Gasteiger partial charge in [0.1, 0.15) is 0 Å². The summed E-state index contributed by atoms with van der Waals surface area (Å²) in [6.07, 6.45) is 27.3. The van der Waals surface area contributed by atoms with Crippen LogP contribution >= 0.6 is 0 Å². The third-order valence-corrected chi connectivity index (χ3v) is 10.9. The maximum atomic E-state index is 7.97. The van der Waals surface area contributed by atoms with Crippen molar-refractivity contribution in [2.45, 2.75) is 146 Å². The highest BCUT2D eigenvalue weighted by atomic mass is 14.9. The molecule has 0 aromatic heterocycles. The predicted octanol–water partition coefficient (Wildman–Crippen LogP) is 7.79. The van der Waals surface area contributed by atoms with Crippen molar-refractivity contribution in [2.75, 3.05) is 0 Å². The summed E-state index contributed by atoms with van der Waals surface area (Å²) in [5.41, 5.74) is 15.7. The fourth-order valence-electron chi connectivity index (χ4n) is 9.51. The maximum absolute atomic E-state index is 7.97. The number of hydrogen-bond acceptors (Lipinski definition) is 2. The Kier molecular flexibility index (Phi) is 8.69. The summed E-state index contributed by atoms with van der Waals surface area (Å²) in [5, 5.41) is 0. The molecule has 4 rings (SSSR count). The van der Waals surface area contributed by atoms with E-state index in [0.717, 1.165) is 0 Å². The van der Waals surface area contributed by atoms with Gasteiger partial charge in [0.15, 0.2) is 0 Å². The molecular formula is C30H55N2. The second-order valence-corrected chi connectivity index (χ2v) is 12.8. The Bertz CT molecular complexity index is 463. The summed E-state index contributed by atoms with van der Waals surface area (Å²) in [6.45, 7) is 7.18. The van der Waals surface area contributed by atoms with Gasteiger partial charge in [-0.15, -0.1) is 0 Å². The van der Waals surface area contributed by atoms with Crippen molar-refractivity contribution in [1.29, 1.82) is 0 Å². The van der Waals surface area contributed by atoms with Gasteiger partial charge < -0.3 is 11.5 Å². The number of hydrogen-bond donors (Lipinski definition) is 2. The van der Waals surface area contributed by atoms with Crippen molar-refractivity contribution in [1.82, 2.24) is 0 Å². The summed E-state index contributed by atoms with van der Waals surface area (Å²) in [6, 6.07) is 0. The highest BCUT2D eigenvalue weighted by molar-refractivity contribution is 5.16. The van der Waals surface area contributed by atoms with Gasteiger partial charge in [0.2, 0.25) is 0 Å². The van der Waals surface area contributed by atoms with Crippen LogP contribution < -0.4 is 11.5 Å². The fraction of sp³-hybridized carbons (Fsp3) is 0.967. The summed E-state index contributed by atoms with van der Waals surface area (Å²) in [7, 11) is 0. The lowest BCUT2D eigenvalue weighted by Gasteiger charge is -2.62. The third-order valence-electron chi connectivity index (χ3n) is 10.9. The van der Waals surface area contributed by atoms with Crippen LogP contribution in [-0.4, -0.2) is 11.1 Å². The average molecular weight is 444 g/mol. The Morgan fingerprint density at radius 3 is 0.906 bits per heavy atom. The Morgan fingerprint density at radius 1 is 0.500 bits per heavy atom. The van der Waals surface area contributed by atoms with Crippen LogP contribution in [0.15, 0.2) is 0 Å². The first kappa shape index (κ1) is 25.0. The van der Waals surface area contributed by atoms with Crippen molar-refractivity contribution in [2.24, 2.45) is 47.0 Å². The van der Waals surface area contributed by atoms with Gasteiger partial charge in [0.25, 0.3) is 0 Å². The van der Waals surface area contributed by atoms with Crippen LogP contribution in [0.25, 0.3) is 0 Å². The van der Waals surface area contributed by atoms with Crippen molar-refractivity contribution < 1.29 is 0 Å². The van der Waals surface area contributed by atoms with Gasteiger partial charge in [0, 0.05) is 11.1 Å². The van der Waals surface area contributed by atoms with Crippen LogP contribution in [0.1, 0.15) is 135 Å². The molecule has 1 radical (unpaired) electrons. The molecule has 0 bridgehead atoms. The molecule has 2 heteroatoms. The summed E-state index contributed by atoms with van der Waals surface area (Å²) < 4.78 is 0. The lowest BCUT2D eigenvalue weighted by Crippen LogP contribution is -2.73. The first-order valence-corrected chi connectivity index (χ1v) is 14.9. The van der Waals surface area contributed by atoms with E-state index in [-0.39, 0.29) is 11.1 Å².